The molecule has 4 rings (SSSR count). The van der Waals surface area contributed by atoms with Crippen LogP contribution in [-0.2, 0) is 0 Å². The lowest BCUT2D eigenvalue weighted by atomic mass is 9.91. The zero-order valence-electron chi connectivity index (χ0n) is 18.0. The number of aliphatic imine (C=N–C) groups is 2. The normalized spacial score (nSPS) is 21.6. The van der Waals surface area contributed by atoms with Gasteiger partial charge in [-0.05, 0) is 24.3 Å². The molecular weight excluding hydrogens is 437 g/mol. The number of nitrogens with zero attached hydrogens (tertiary/aromatic N) is 3. The number of hydrogen-bond donors (Lipinski definition) is 3. The highest BCUT2D eigenvalue weighted by molar-refractivity contribution is 6.03. The van der Waals surface area contributed by atoms with Crippen molar-refractivity contribution in [3.05, 3.63) is 59.4 Å². The number of nitrogens with one attached hydrogen (secondary N) is 3. The predicted molar refractivity (Wildman–Crippen MR) is 118 cm³/mol. The van der Waals surface area contributed by atoms with Crippen molar-refractivity contribution in [3.63, 3.8) is 0 Å². The van der Waals surface area contributed by atoms with Gasteiger partial charge in [0.15, 0.2) is 0 Å². The molecule has 2 aliphatic heterocycles. The number of hydrogen-bond acceptors (Lipinski definition) is 5. The van der Waals surface area contributed by atoms with Crippen LogP contribution < -0.4 is 20.8 Å². The summed E-state index contributed by atoms with van der Waals surface area (Å²) in [6, 6.07) is 5.85. The number of halogens is 3. The minimum atomic E-state index is -0.900. The number of amides is 2. The van der Waals surface area contributed by atoms with E-state index in [9.17, 15) is 18.0 Å². The summed E-state index contributed by atoms with van der Waals surface area (Å²) in [5, 5.41) is 7.15. The second kappa shape index (κ2) is 9.49. The Bertz CT molecular complexity index is 1080. The summed E-state index contributed by atoms with van der Waals surface area (Å²) in [6.07, 6.45) is 0.639. The van der Waals surface area contributed by atoms with Gasteiger partial charge in [0.1, 0.15) is 34.9 Å². The summed E-state index contributed by atoms with van der Waals surface area (Å²) < 4.78 is 47.8. The van der Waals surface area contributed by atoms with Gasteiger partial charge in [0, 0.05) is 49.3 Å². The van der Waals surface area contributed by atoms with Crippen molar-refractivity contribution in [2.75, 3.05) is 32.6 Å². The van der Waals surface area contributed by atoms with Crippen LogP contribution in [0.15, 0.2) is 46.4 Å². The molecule has 1 saturated heterocycles. The minimum Gasteiger partial charge on any atom is -0.497 e. The number of methoxy groups -OCH3 is 1. The first-order chi connectivity index (χ1) is 15.8. The summed E-state index contributed by atoms with van der Waals surface area (Å²) in [5.41, 5.74) is 3.21. The van der Waals surface area contributed by atoms with Crippen LogP contribution in [0.25, 0.3) is 0 Å². The lowest BCUT2D eigenvalue weighted by molar-refractivity contribution is 0.249. The van der Waals surface area contributed by atoms with Crippen LogP contribution in [0.1, 0.15) is 17.9 Å². The molecule has 3 N–H and O–H groups in total. The van der Waals surface area contributed by atoms with E-state index in [0.29, 0.717) is 17.9 Å². The molecule has 0 saturated carbocycles. The first kappa shape index (κ1) is 22.6. The van der Waals surface area contributed by atoms with E-state index in [1.807, 2.05) is 12.1 Å². The Morgan fingerprint density at radius 1 is 1.21 bits per heavy atom. The molecule has 8 nitrogen and oxygen atoms in total. The Balaban J connectivity index is 1.61. The van der Waals surface area contributed by atoms with Gasteiger partial charge in [-0.3, -0.25) is 4.99 Å². The van der Waals surface area contributed by atoms with Crippen molar-refractivity contribution < 1.29 is 22.7 Å². The lowest BCUT2D eigenvalue weighted by Gasteiger charge is -2.23. The second-order valence-corrected chi connectivity index (χ2v) is 7.73. The van der Waals surface area contributed by atoms with Gasteiger partial charge in [-0.1, -0.05) is 0 Å². The van der Waals surface area contributed by atoms with E-state index in [2.05, 4.69) is 26.0 Å². The van der Waals surface area contributed by atoms with Crippen molar-refractivity contribution in [2.24, 2.45) is 9.98 Å². The van der Waals surface area contributed by atoms with Crippen molar-refractivity contribution in [2.45, 2.75) is 18.4 Å². The minimum absolute atomic E-state index is 0.0314. The monoisotopic (exact) mass is 460 g/mol. The number of urea groups is 1. The van der Waals surface area contributed by atoms with E-state index in [1.165, 1.54) is 31.4 Å². The van der Waals surface area contributed by atoms with Crippen LogP contribution in [0, 0.1) is 17.5 Å². The maximum Gasteiger partial charge on any atom is 0.319 e. The Labute approximate surface area is 188 Å². The molecule has 2 aromatic rings. The first-order valence-corrected chi connectivity index (χ1v) is 10.3. The number of carbonyl (C=O) groups excluding carboxylic acids is 1. The second-order valence-electron chi connectivity index (χ2n) is 7.73. The summed E-state index contributed by atoms with van der Waals surface area (Å²) in [6.45, 7) is 0.768. The molecule has 2 amide bonds. The number of rotatable bonds is 4. The number of anilines is 1. The van der Waals surface area contributed by atoms with Crippen LogP contribution in [0.4, 0.5) is 23.7 Å². The smallest absolute Gasteiger partial charge is 0.319 e. The Kier molecular flexibility index (Phi) is 6.50. The summed E-state index contributed by atoms with van der Waals surface area (Å²) in [5.74, 6) is -1.93. The number of benzene rings is 2. The Morgan fingerprint density at radius 2 is 1.91 bits per heavy atom. The Morgan fingerprint density at radius 3 is 2.52 bits per heavy atom. The lowest BCUT2D eigenvalue weighted by Crippen LogP contribution is -2.45. The van der Waals surface area contributed by atoms with Crippen molar-refractivity contribution in [3.8, 4) is 5.75 Å². The zero-order valence-corrected chi connectivity index (χ0v) is 18.0. The molecule has 0 bridgehead atoms. The summed E-state index contributed by atoms with van der Waals surface area (Å²) in [7, 11) is 3.17. The van der Waals surface area contributed by atoms with Gasteiger partial charge in [0.05, 0.1) is 19.7 Å². The quantitative estimate of drug-likeness (QED) is 0.654. The van der Waals surface area contributed by atoms with Crippen LogP contribution in [0.2, 0.25) is 0 Å². The van der Waals surface area contributed by atoms with Gasteiger partial charge in [-0.15, -0.1) is 0 Å². The summed E-state index contributed by atoms with van der Waals surface area (Å²) in [4.78, 5) is 21.6. The summed E-state index contributed by atoms with van der Waals surface area (Å²) >= 11 is 0. The zero-order chi connectivity index (χ0) is 23.5. The highest BCUT2D eigenvalue weighted by Crippen LogP contribution is 2.33. The maximum atomic E-state index is 14.8. The fraction of sp³-hybridized carbons (Fsp3) is 0.318. The standard InChI is InChI=1S/C22H23F3N6O2/c1-31-8-7-18(30-31)28-21-20(29-22(32)27-13-5-3-12(23)4-6-13)15(11-26-21)19-16(24)9-14(33-2)10-17(19)25/h3-6,9-10,15,20H,7-8,11H2,1-2H3,(H,26,28,30)(H2,27,29,32)/t15-,20?/m0/s1. The molecule has 174 valence electrons. The number of ether oxygens (including phenoxy) is 1. The van der Waals surface area contributed by atoms with E-state index in [4.69, 9.17) is 4.74 Å². The van der Waals surface area contributed by atoms with E-state index in [1.54, 1.807) is 0 Å². The highest BCUT2D eigenvalue weighted by atomic mass is 19.1. The van der Waals surface area contributed by atoms with E-state index < -0.39 is 35.4 Å². The molecule has 33 heavy (non-hydrogen) atoms. The van der Waals surface area contributed by atoms with Gasteiger partial charge >= 0.3 is 6.03 Å². The van der Waals surface area contributed by atoms with Gasteiger partial charge < -0.3 is 20.8 Å². The molecule has 2 aromatic carbocycles. The third kappa shape index (κ3) is 5.08. The molecule has 11 heteroatoms. The van der Waals surface area contributed by atoms with Crippen molar-refractivity contribution in [1.29, 1.82) is 0 Å². The molecular formula is C22H23F3N6O2. The third-order valence-corrected chi connectivity index (χ3v) is 5.43. The van der Waals surface area contributed by atoms with Gasteiger partial charge in [0.2, 0.25) is 0 Å². The number of carbonyl (C=O) groups is 1. The van der Waals surface area contributed by atoms with Crippen molar-refractivity contribution >= 4 is 23.4 Å². The van der Waals surface area contributed by atoms with Crippen LogP contribution in [0.3, 0.4) is 0 Å². The first-order valence-electron chi connectivity index (χ1n) is 10.3. The molecule has 1 unspecified atom stereocenters. The predicted octanol–water partition coefficient (Wildman–Crippen LogP) is 3.04. The van der Waals surface area contributed by atoms with Crippen molar-refractivity contribution in [1.82, 2.24) is 15.8 Å². The average Bonchev–Trinajstić information content (AvgIpc) is 3.35. The highest BCUT2D eigenvalue weighted by Gasteiger charge is 2.38. The maximum absolute atomic E-state index is 14.8. The van der Waals surface area contributed by atoms with Gasteiger partial charge in [0.25, 0.3) is 0 Å². The molecule has 2 atom stereocenters. The fourth-order valence-electron chi connectivity index (χ4n) is 3.80. The van der Waals surface area contributed by atoms with Crippen LogP contribution in [0.5, 0.6) is 5.75 Å². The number of hydrazine groups is 1. The van der Waals surface area contributed by atoms with Crippen LogP contribution in [-0.4, -0.2) is 56.0 Å². The van der Waals surface area contributed by atoms with Gasteiger partial charge in [-0.2, -0.15) is 0 Å². The molecule has 2 aliphatic rings. The number of amidine groups is 2. The van der Waals surface area contributed by atoms with Gasteiger partial charge in [-0.25, -0.2) is 28.0 Å². The largest absolute Gasteiger partial charge is 0.497 e. The topological polar surface area (TPSA) is 90.4 Å². The molecule has 1 fully saturated rings. The average molecular weight is 460 g/mol. The SMILES string of the molecule is COc1cc(F)c([C@@H]2CN=C(N=C3CCN(C)N3)C2NC(=O)Nc2ccc(F)cc2)c(F)c1. The van der Waals surface area contributed by atoms with E-state index in [-0.39, 0.29) is 23.7 Å². The molecule has 2 heterocycles. The molecule has 0 aromatic heterocycles. The Hall–Kier alpha value is -3.60. The fourth-order valence-corrected chi connectivity index (χ4v) is 3.80. The van der Waals surface area contributed by atoms with E-state index in [0.717, 1.165) is 18.7 Å². The molecule has 0 aliphatic carbocycles. The van der Waals surface area contributed by atoms with Crippen LogP contribution >= 0.6 is 0 Å². The molecule has 0 spiro atoms. The molecule has 0 radical (unpaired) electrons. The van der Waals surface area contributed by atoms with E-state index >= 15 is 0 Å². The third-order valence-electron chi connectivity index (χ3n) is 5.43.